The molecule has 0 aliphatic carbocycles. The van der Waals surface area contributed by atoms with Gasteiger partial charge in [0, 0.05) is 36.5 Å². The summed E-state index contributed by atoms with van der Waals surface area (Å²) >= 11 is 6.03. The van der Waals surface area contributed by atoms with Gasteiger partial charge in [0.1, 0.15) is 6.10 Å². The van der Waals surface area contributed by atoms with E-state index in [9.17, 15) is 9.59 Å². The molecule has 2 aromatic rings. The lowest BCUT2D eigenvalue weighted by Gasteiger charge is -2.32. The molecule has 0 unspecified atom stereocenters. The molecule has 0 saturated carbocycles. The Morgan fingerprint density at radius 3 is 2.48 bits per heavy atom. The van der Waals surface area contributed by atoms with Gasteiger partial charge >= 0.3 is 11.9 Å². The maximum Gasteiger partial charge on any atom is 0.349 e. The van der Waals surface area contributed by atoms with Crippen molar-refractivity contribution in [1.29, 1.82) is 0 Å². The van der Waals surface area contributed by atoms with Crippen LogP contribution in [-0.4, -0.2) is 47.8 Å². The van der Waals surface area contributed by atoms with Gasteiger partial charge < -0.3 is 14.3 Å². The molecule has 31 heavy (non-hydrogen) atoms. The van der Waals surface area contributed by atoms with Crippen molar-refractivity contribution in [3.8, 4) is 0 Å². The van der Waals surface area contributed by atoms with E-state index in [-0.39, 0.29) is 18.8 Å². The molecule has 1 fully saturated rings. The van der Waals surface area contributed by atoms with E-state index in [1.165, 1.54) is 0 Å². The Bertz CT molecular complexity index is 881. The number of carbonyl (C=O) groups excluding carboxylic acids is 2. The Morgan fingerprint density at radius 2 is 1.84 bits per heavy atom. The van der Waals surface area contributed by atoms with Crippen LogP contribution in [0.2, 0.25) is 5.02 Å². The van der Waals surface area contributed by atoms with Crippen molar-refractivity contribution in [2.45, 2.75) is 32.0 Å². The van der Waals surface area contributed by atoms with Gasteiger partial charge in [-0.1, -0.05) is 29.8 Å². The van der Waals surface area contributed by atoms with E-state index < -0.39 is 11.9 Å². The summed E-state index contributed by atoms with van der Waals surface area (Å²) in [5.74, 6) is -1.19. The van der Waals surface area contributed by atoms with Crippen LogP contribution in [0, 0.1) is 0 Å². The molecule has 0 spiro atoms. The molecule has 1 aromatic carbocycles. The molecule has 0 N–H and O–H groups in total. The Labute approximate surface area is 186 Å². The minimum absolute atomic E-state index is 0.0206. The molecule has 0 bridgehead atoms. The number of hydrogen-bond donors (Lipinski definition) is 0. The zero-order valence-electron chi connectivity index (χ0n) is 17.3. The van der Waals surface area contributed by atoms with Crippen LogP contribution in [0.5, 0.6) is 0 Å². The van der Waals surface area contributed by atoms with Crippen molar-refractivity contribution in [1.82, 2.24) is 10.0 Å². The Kier molecular flexibility index (Phi) is 8.58. The first kappa shape index (κ1) is 22.9. The largest absolute Gasteiger partial charge is 0.463 e. The minimum Gasteiger partial charge on any atom is -0.463 e. The number of ether oxygens (including phenoxy) is 2. The lowest BCUT2D eigenvalue weighted by atomic mass is 10.0. The maximum atomic E-state index is 11.9. The zero-order chi connectivity index (χ0) is 22.1. The average molecular weight is 445 g/mol. The number of hydrogen-bond acceptors (Lipinski definition) is 7. The first-order valence-electron chi connectivity index (χ1n) is 10.2. The first-order valence-corrected chi connectivity index (χ1v) is 10.6. The molecule has 1 saturated heterocycles. The van der Waals surface area contributed by atoms with Crippen molar-refractivity contribution in [3.63, 3.8) is 0 Å². The maximum absolute atomic E-state index is 11.9. The third-order valence-corrected chi connectivity index (χ3v) is 4.97. The Hall–Kier alpha value is -2.74. The van der Waals surface area contributed by atoms with Crippen molar-refractivity contribution in [2.24, 2.45) is 0 Å². The summed E-state index contributed by atoms with van der Waals surface area (Å²) in [6.45, 7) is 3.00. The van der Waals surface area contributed by atoms with Gasteiger partial charge in [0.25, 0.3) is 0 Å². The molecule has 1 aromatic heterocycles. The van der Waals surface area contributed by atoms with E-state index in [4.69, 9.17) is 25.9 Å². The molecule has 1 aliphatic heterocycles. The molecule has 2 heterocycles. The standard InChI is InChI=1S/C23H25ClN2O5/c1-2-29-21(27)10-11-22(28)31-26-15-12-19(13-16-26)30-23(20-5-3-4-14-25-20)17-6-8-18(24)9-7-17/h3-11,14,19,23H,2,12-13,15-16H2,1H3/b11-10+/t23-/m1/s1. The summed E-state index contributed by atoms with van der Waals surface area (Å²) < 4.78 is 11.2. The molecule has 7 nitrogen and oxygen atoms in total. The SMILES string of the molecule is CCOC(=O)/C=C/C(=O)ON1CCC(O[C@H](c2ccc(Cl)cc2)c2ccccn2)CC1. The minimum atomic E-state index is -0.611. The Morgan fingerprint density at radius 1 is 1.13 bits per heavy atom. The molecule has 3 rings (SSSR count). The molecular formula is C23H25ClN2O5. The second-order valence-electron chi connectivity index (χ2n) is 6.95. The topological polar surface area (TPSA) is 78.0 Å². The quantitative estimate of drug-likeness (QED) is 0.451. The van der Waals surface area contributed by atoms with Gasteiger partial charge in [-0.05, 0) is 49.6 Å². The van der Waals surface area contributed by atoms with Crippen LogP contribution in [-0.2, 0) is 23.9 Å². The number of nitrogens with zero attached hydrogens (tertiary/aromatic N) is 2. The van der Waals surface area contributed by atoms with Crippen molar-refractivity contribution >= 4 is 23.5 Å². The number of carbonyl (C=O) groups is 2. The van der Waals surface area contributed by atoms with Crippen LogP contribution in [0.15, 0.2) is 60.8 Å². The summed E-state index contributed by atoms with van der Waals surface area (Å²) in [5, 5.41) is 2.24. The summed E-state index contributed by atoms with van der Waals surface area (Å²) in [7, 11) is 0. The van der Waals surface area contributed by atoms with E-state index in [2.05, 4.69) is 4.98 Å². The first-order chi connectivity index (χ1) is 15.0. The fourth-order valence-electron chi connectivity index (χ4n) is 3.22. The highest BCUT2D eigenvalue weighted by molar-refractivity contribution is 6.30. The molecule has 0 radical (unpaired) electrons. The lowest BCUT2D eigenvalue weighted by molar-refractivity contribution is -0.195. The second-order valence-corrected chi connectivity index (χ2v) is 7.38. The number of piperidine rings is 1. The van der Waals surface area contributed by atoms with Gasteiger partial charge in [-0.3, -0.25) is 4.98 Å². The number of halogens is 1. The van der Waals surface area contributed by atoms with Gasteiger partial charge in [0.2, 0.25) is 0 Å². The van der Waals surface area contributed by atoms with Crippen LogP contribution in [0.3, 0.4) is 0 Å². The highest BCUT2D eigenvalue weighted by Crippen LogP contribution is 2.29. The highest BCUT2D eigenvalue weighted by Gasteiger charge is 2.26. The number of benzene rings is 1. The zero-order valence-corrected chi connectivity index (χ0v) is 18.0. The average Bonchev–Trinajstić information content (AvgIpc) is 2.79. The molecule has 1 aliphatic rings. The van der Waals surface area contributed by atoms with E-state index in [1.807, 2.05) is 42.5 Å². The summed E-state index contributed by atoms with van der Waals surface area (Å²) in [4.78, 5) is 32.9. The van der Waals surface area contributed by atoms with Crippen LogP contribution in [0.4, 0.5) is 0 Å². The number of hydroxylamine groups is 2. The van der Waals surface area contributed by atoms with Gasteiger partial charge in [-0.15, -0.1) is 5.06 Å². The third-order valence-electron chi connectivity index (χ3n) is 4.72. The number of aromatic nitrogens is 1. The fraction of sp³-hybridized carbons (Fsp3) is 0.348. The third kappa shape index (κ3) is 7.17. The van der Waals surface area contributed by atoms with Crippen LogP contribution in [0.1, 0.15) is 37.1 Å². The van der Waals surface area contributed by atoms with E-state index in [0.29, 0.717) is 31.0 Å². The van der Waals surface area contributed by atoms with Crippen molar-refractivity contribution < 1.29 is 23.9 Å². The predicted molar refractivity (Wildman–Crippen MR) is 115 cm³/mol. The summed E-state index contributed by atoms with van der Waals surface area (Å²) in [6.07, 6.45) is 4.91. The number of pyridine rings is 1. The monoisotopic (exact) mass is 444 g/mol. The number of esters is 1. The summed E-state index contributed by atoms with van der Waals surface area (Å²) in [5.41, 5.74) is 1.80. The van der Waals surface area contributed by atoms with Crippen molar-refractivity contribution in [2.75, 3.05) is 19.7 Å². The van der Waals surface area contributed by atoms with Gasteiger partial charge in [-0.25, -0.2) is 9.59 Å². The van der Waals surface area contributed by atoms with Crippen LogP contribution >= 0.6 is 11.6 Å². The lowest BCUT2D eigenvalue weighted by Crippen LogP contribution is -2.38. The van der Waals surface area contributed by atoms with Crippen molar-refractivity contribution in [3.05, 3.63) is 77.1 Å². The molecule has 1 atom stereocenters. The normalized spacial score (nSPS) is 16.2. The van der Waals surface area contributed by atoms with Gasteiger partial charge in [0.15, 0.2) is 0 Å². The van der Waals surface area contributed by atoms with E-state index in [1.54, 1.807) is 18.2 Å². The highest BCUT2D eigenvalue weighted by atomic mass is 35.5. The van der Waals surface area contributed by atoms with Crippen LogP contribution < -0.4 is 0 Å². The van der Waals surface area contributed by atoms with Gasteiger partial charge in [0.05, 0.1) is 18.4 Å². The fourth-order valence-corrected chi connectivity index (χ4v) is 3.35. The molecule has 0 amide bonds. The van der Waals surface area contributed by atoms with Gasteiger partial charge in [-0.2, -0.15) is 0 Å². The molecule has 164 valence electrons. The predicted octanol–water partition coefficient (Wildman–Crippen LogP) is 3.88. The summed E-state index contributed by atoms with van der Waals surface area (Å²) in [6, 6.07) is 13.3. The number of rotatable bonds is 8. The molecular weight excluding hydrogens is 420 g/mol. The van der Waals surface area contributed by atoms with Crippen LogP contribution in [0.25, 0.3) is 0 Å². The van der Waals surface area contributed by atoms with E-state index >= 15 is 0 Å². The smallest absolute Gasteiger partial charge is 0.349 e. The Balaban J connectivity index is 1.56. The van der Waals surface area contributed by atoms with E-state index in [0.717, 1.165) is 23.4 Å². The second kappa shape index (κ2) is 11.6. The molecule has 8 heteroatoms.